The maximum absolute atomic E-state index is 4.70. The van der Waals surface area contributed by atoms with Crippen LogP contribution < -0.4 is 10.2 Å². The first-order valence-electron chi connectivity index (χ1n) is 7.23. The molecular formula is C16H24N4S. The Morgan fingerprint density at radius 2 is 1.95 bits per heavy atom. The van der Waals surface area contributed by atoms with Crippen LogP contribution in [0.3, 0.4) is 0 Å². The lowest BCUT2D eigenvalue weighted by atomic mass is 10.1. The lowest BCUT2D eigenvalue weighted by Gasteiger charge is -2.19. The molecule has 4 nitrogen and oxygen atoms in total. The molecule has 0 aliphatic carbocycles. The fraction of sp³-hybridized carbons (Fsp3) is 0.500. The quantitative estimate of drug-likeness (QED) is 0.890. The first-order chi connectivity index (χ1) is 9.94. The van der Waals surface area contributed by atoms with Crippen molar-refractivity contribution in [2.45, 2.75) is 39.3 Å². The summed E-state index contributed by atoms with van der Waals surface area (Å²) in [6.45, 7) is 8.28. The van der Waals surface area contributed by atoms with E-state index < -0.39 is 0 Å². The lowest BCUT2D eigenvalue weighted by Crippen LogP contribution is -2.35. The van der Waals surface area contributed by atoms with Crippen molar-refractivity contribution in [3.8, 4) is 0 Å². The Balaban J connectivity index is 1.85. The molecule has 0 saturated heterocycles. The van der Waals surface area contributed by atoms with Gasteiger partial charge in [-0.05, 0) is 44.9 Å². The molecule has 0 amide bonds. The van der Waals surface area contributed by atoms with E-state index >= 15 is 0 Å². The highest BCUT2D eigenvalue weighted by Crippen LogP contribution is 2.20. The van der Waals surface area contributed by atoms with E-state index in [4.69, 9.17) is 4.98 Å². The summed E-state index contributed by atoms with van der Waals surface area (Å²) in [4.78, 5) is 11.0. The second-order valence-electron chi connectivity index (χ2n) is 6.25. The maximum Gasteiger partial charge on any atom is 0.185 e. The van der Waals surface area contributed by atoms with Crippen LogP contribution in [0, 0.1) is 0 Å². The number of pyridine rings is 1. The Kier molecular flexibility index (Phi) is 5.31. The molecule has 0 aliphatic rings. The van der Waals surface area contributed by atoms with Crippen molar-refractivity contribution in [2.75, 3.05) is 18.5 Å². The smallest absolute Gasteiger partial charge is 0.185 e. The third-order valence-electron chi connectivity index (χ3n) is 3.15. The van der Waals surface area contributed by atoms with Crippen LogP contribution in [-0.4, -0.2) is 29.1 Å². The number of aromatic nitrogens is 2. The van der Waals surface area contributed by atoms with Gasteiger partial charge in [-0.15, -0.1) is 11.3 Å². The summed E-state index contributed by atoms with van der Waals surface area (Å²) in [5.74, 6) is 0. The van der Waals surface area contributed by atoms with Gasteiger partial charge in [0, 0.05) is 43.4 Å². The van der Waals surface area contributed by atoms with Gasteiger partial charge in [0.15, 0.2) is 5.13 Å². The van der Waals surface area contributed by atoms with Crippen LogP contribution in [0.1, 0.15) is 32.0 Å². The monoisotopic (exact) mass is 304 g/mol. The van der Waals surface area contributed by atoms with Gasteiger partial charge in [0.25, 0.3) is 0 Å². The van der Waals surface area contributed by atoms with Crippen molar-refractivity contribution < 1.29 is 0 Å². The molecule has 0 aromatic carbocycles. The fourth-order valence-electron chi connectivity index (χ4n) is 1.85. The minimum atomic E-state index is 0.122. The van der Waals surface area contributed by atoms with Crippen LogP contribution in [0.25, 0.3) is 0 Å². The van der Waals surface area contributed by atoms with E-state index in [1.807, 2.05) is 12.4 Å². The Morgan fingerprint density at radius 3 is 2.62 bits per heavy atom. The summed E-state index contributed by atoms with van der Waals surface area (Å²) in [6.07, 6.45) is 4.69. The average Bonchev–Trinajstić information content (AvgIpc) is 2.92. The zero-order valence-corrected chi connectivity index (χ0v) is 14.1. The van der Waals surface area contributed by atoms with E-state index in [-0.39, 0.29) is 5.54 Å². The normalized spacial score (nSPS) is 11.6. The summed E-state index contributed by atoms with van der Waals surface area (Å²) >= 11 is 1.71. The van der Waals surface area contributed by atoms with Gasteiger partial charge in [0.1, 0.15) is 0 Å². The third-order valence-corrected chi connectivity index (χ3v) is 4.15. The number of thiazole rings is 1. The van der Waals surface area contributed by atoms with Crippen LogP contribution in [0.2, 0.25) is 0 Å². The number of hydrogen-bond acceptors (Lipinski definition) is 5. The van der Waals surface area contributed by atoms with Crippen molar-refractivity contribution in [1.29, 1.82) is 0 Å². The highest BCUT2D eigenvalue weighted by atomic mass is 32.1. The van der Waals surface area contributed by atoms with Crippen LogP contribution in [0.4, 0.5) is 5.13 Å². The van der Waals surface area contributed by atoms with E-state index in [9.17, 15) is 0 Å². The number of rotatable bonds is 6. The fourth-order valence-corrected chi connectivity index (χ4v) is 2.67. The Labute approximate surface area is 131 Å². The molecule has 0 bridgehead atoms. The van der Waals surface area contributed by atoms with Gasteiger partial charge in [-0.1, -0.05) is 0 Å². The molecule has 0 fully saturated rings. The van der Waals surface area contributed by atoms with Crippen LogP contribution in [0.15, 0.2) is 29.9 Å². The van der Waals surface area contributed by atoms with Crippen molar-refractivity contribution in [3.63, 3.8) is 0 Å². The standard InChI is InChI=1S/C16H24N4S/c1-16(2,3)18-11-14-12-21-15(19-14)20(4)10-7-13-5-8-17-9-6-13/h5-6,8-9,12,18H,7,10-11H2,1-4H3. The van der Waals surface area contributed by atoms with E-state index in [1.54, 1.807) is 11.3 Å². The number of nitrogens with zero attached hydrogens (tertiary/aromatic N) is 3. The summed E-state index contributed by atoms with van der Waals surface area (Å²) in [6, 6.07) is 4.13. The number of likely N-dealkylation sites (N-methyl/N-ethyl adjacent to an activating group) is 1. The van der Waals surface area contributed by atoms with Crippen molar-refractivity contribution in [3.05, 3.63) is 41.2 Å². The van der Waals surface area contributed by atoms with Gasteiger partial charge in [0.2, 0.25) is 0 Å². The van der Waals surface area contributed by atoms with Gasteiger partial charge in [-0.25, -0.2) is 4.98 Å². The lowest BCUT2D eigenvalue weighted by molar-refractivity contribution is 0.422. The SMILES string of the molecule is CN(CCc1ccncc1)c1nc(CNC(C)(C)C)cs1. The Hall–Kier alpha value is -1.46. The summed E-state index contributed by atoms with van der Waals surface area (Å²) in [7, 11) is 2.10. The molecule has 2 aromatic heterocycles. The number of hydrogen-bond donors (Lipinski definition) is 1. The van der Waals surface area contributed by atoms with Crippen molar-refractivity contribution >= 4 is 16.5 Å². The van der Waals surface area contributed by atoms with Gasteiger partial charge in [-0.3, -0.25) is 4.98 Å². The second-order valence-corrected chi connectivity index (χ2v) is 7.09. The third kappa shape index (κ3) is 5.44. The highest BCUT2D eigenvalue weighted by Gasteiger charge is 2.11. The minimum Gasteiger partial charge on any atom is -0.351 e. The zero-order valence-electron chi connectivity index (χ0n) is 13.3. The Morgan fingerprint density at radius 1 is 1.24 bits per heavy atom. The molecule has 0 saturated carbocycles. The zero-order chi connectivity index (χ0) is 15.3. The Bertz CT molecular complexity index is 545. The molecular weight excluding hydrogens is 280 g/mol. The number of anilines is 1. The highest BCUT2D eigenvalue weighted by molar-refractivity contribution is 7.13. The second kappa shape index (κ2) is 7.00. The van der Waals surface area contributed by atoms with E-state index in [0.717, 1.165) is 30.3 Å². The molecule has 0 unspecified atom stereocenters. The van der Waals surface area contributed by atoms with Gasteiger partial charge >= 0.3 is 0 Å². The van der Waals surface area contributed by atoms with E-state index in [1.165, 1.54) is 5.56 Å². The predicted octanol–water partition coefficient (Wildman–Crippen LogP) is 3.11. The predicted molar refractivity (Wildman–Crippen MR) is 89.9 cm³/mol. The summed E-state index contributed by atoms with van der Waals surface area (Å²) < 4.78 is 0. The topological polar surface area (TPSA) is 41.1 Å². The van der Waals surface area contributed by atoms with Crippen molar-refractivity contribution in [2.24, 2.45) is 0 Å². The van der Waals surface area contributed by atoms with Crippen LogP contribution in [-0.2, 0) is 13.0 Å². The molecule has 2 heterocycles. The van der Waals surface area contributed by atoms with Crippen LogP contribution in [0.5, 0.6) is 0 Å². The molecule has 5 heteroatoms. The van der Waals surface area contributed by atoms with Gasteiger partial charge in [0.05, 0.1) is 5.69 Å². The molecule has 0 radical (unpaired) electrons. The molecule has 1 N–H and O–H groups in total. The molecule has 0 spiro atoms. The largest absolute Gasteiger partial charge is 0.351 e. The first kappa shape index (κ1) is 15.9. The molecule has 0 atom stereocenters. The number of nitrogens with one attached hydrogen (secondary N) is 1. The molecule has 2 rings (SSSR count). The molecule has 114 valence electrons. The van der Waals surface area contributed by atoms with E-state index in [2.05, 4.69) is 60.5 Å². The van der Waals surface area contributed by atoms with Gasteiger partial charge in [-0.2, -0.15) is 0 Å². The van der Waals surface area contributed by atoms with Gasteiger partial charge < -0.3 is 10.2 Å². The molecule has 2 aromatic rings. The molecule has 21 heavy (non-hydrogen) atoms. The molecule has 0 aliphatic heterocycles. The minimum absolute atomic E-state index is 0.122. The summed E-state index contributed by atoms with van der Waals surface area (Å²) in [5, 5.41) is 6.68. The maximum atomic E-state index is 4.70. The average molecular weight is 304 g/mol. The van der Waals surface area contributed by atoms with Crippen LogP contribution >= 0.6 is 11.3 Å². The first-order valence-corrected chi connectivity index (χ1v) is 8.11. The summed E-state index contributed by atoms with van der Waals surface area (Å²) in [5.41, 5.74) is 2.54. The van der Waals surface area contributed by atoms with Crippen molar-refractivity contribution in [1.82, 2.24) is 15.3 Å². The van der Waals surface area contributed by atoms with E-state index in [0.29, 0.717) is 0 Å².